The number of likely N-dealkylation sites (N-methyl/N-ethyl adjacent to an activating group) is 1. The van der Waals surface area contributed by atoms with Crippen LogP contribution in [-0.2, 0) is 11.3 Å². The lowest BCUT2D eigenvalue weighted by molar-refractivity contribution is -0.895. The summed E-state index contributed by atoms with van der Waals surface area (Å²) in [7, 11) is 4.11. The molecule has 0 aromatic heterocycles. The third-order valence-corrected chi connectivity index (χ3v) is 2.02. The number of carbonyl (C=O) groups is 1. The summed E-state index contributed by atoms with van der Waals surface area (Å²) in [6, 6.07) is 10.2. The van der Waals surface area contributed by atoms with Crippen molar-refractivity contribution in [3.8, 4) is 0 Å². The van der Waals surface area contributed by atoms with E-state index >= 15 is 0 Å². The van der Waals surface area contributed by atoms with E-state index in [9.17, 15) is 4.79 Å². The van der Waals surface area contributed by atoms with Crippen molar-refractivity contribution in [1.82, 2.24) is 0 Å². The molecule has 0 radical (unpaired) electrons. The monoisotopic (exact) mass is 213 g/mol. The van der Waals surface area contributed by atoms with Crippen LogP contribution in [0.2, 0.25) is 0 Å². The van der Waals surface area contributed by atoms with Crippen molar-refractivity contribution in [2.75, 3.05) is 20.6 Å². The van der Waals surface area contributed by atoms with E-state index < -0.39 is 0 Å². The summed E-state index contributed by atoms with van der Waals surface area (Å²) < 4.78 is 0.716. The average molecular weight is 214 g/mol. The lowest BCUT2D eigenvalue weighted by Crippen LogP contribution is -3.00. The van der Waals surface area contributed by atoms with E-state index in [2.05, 4.69) is 26.2 Å². The summed E-state index contributed by atoms with van der Waals surface area (Å²) in [6.07, 6.45) is 0.975. The van der Waals surface area contributed by atoms with Crippen LogP contribution in [0.3, 0.4) is 0 Å². The smallest absolute Gasteiger partial charge is 0.174 e. The Kier molecular flexibility index (Phi) is 5.43. The normalized spacial score (nSPS) is 10.4. The molecule has 0 aliphatic carbocycles. The summed E-state index contributed by atoms with van der Waals surface area (Å²) in [5, 5.41) is 0. The minimum atomic E-state index is 0. The van der Waals surface area contributed by atoms with Gasteiger partial charge >= 0.3 is 0 Å². The molecule has 0 spiro atoms. The van der Waals surface area contributed by atoms with Crippen LogP contribution in [0, 0.1) is 0 Å². The fourth-order valence-electron chi connectivity index (χ4n) is 1.34. The number of quaternary nitrogens is 1. The van der Waals surface area contributed by atoms with Gasteiger partial charge in [-0.3, -0.25) is 4.79 Å². The molecule has 1 rings (SSSR count). The standard InChI is InChI=1S/C11H16NO.ClH/c1-12(2,8-9-13)10-11-6-4-3-5-7-11;/h3-7,9H,8,10H2,1-2H3;1H/q+1;/p-1. The molecule has 3 heteroatoms. The minimum absolute atomic E-state index is 0. The Bertz CT molecular complexity index is 272. The number of nitrogens with zero attached hydrogens (tertiary/aromatic N) is 1. The van der Waals surface area contributed by atoms with Crippen molar-refractivity contribution in [1.29, 1.82) is 0 Å². The van der Waals surface area contributed by atoms with Gasteiger partial charge in [0.25, 0.3) is 0 Å². The second-order valence-electron chi connectivity index (χ2n) is 3.93. The second-order valence-corrected chi connectivity index (χ2v) is 3.93. The average Bonchev–Trinajstić information content (AvgIpc) is 2.04. The van der Waals surface area contributed by atoms with Crippen molar-refractivity contribution < 1.29 is 21.7 Å². The first-order valence-corrected chi connectivity index (χ1v) is 4.44. The molecule has 14 heavy (non-hydrogen) atoms. The highest BCUT2D eigenvalue weighted by molar-refractivity contribution is 5.50. The fraction of sp³-hybridized carbons (Fsp3) is 0.364. The Morgan fingerprint density at radius 1 is 1.21 bits per heavy atom. The van der Waals surface area contributed by atoms with E-state index in [1.807, 2.05) is 18.2 Å². The quantitative estimate of drug-likeness (QED) is 0.438. The Hall–Kier alpha value is -0.860. The molecule has 0 unspecified atom stereocenters. The van der Waals surface area contributed by atoms with E-state index in [0.29, 0.717) is 11.0 Å². The molecule has 0 saturated carbocycles. The van der Waals surface area contributed by atoms with Gasteiger partial charge in [0.05, 0.1) is 14.1 Å². The Morgan fingerprint density at radius 3 is 2.29 bits per heavy atom. The molecule has 0 atom stereocenters. The summed E-state index contributed by atoms with van der Waals surface area (Å²) >= 11 is 0. The van der Waals surface area contributed by atoms with Crippen LogP contribution in [0.15, 0.2) is 30.3 Å². The van der Waals surface area contributed by atoms with Gasteiger partial charge in [-0.2, -0.15) is 0 Å². The van der Waals surface area contributed by atoms with Crippen LogP contribution < -0.4 is 12.4 Å². The third-order valence-electron chi connectivity index (χ3n) is 2.02. The predicted octanol–water partition coefficient (Wildman–Crippen LogP) is -1.53. The van der Waals surface area contributed by atoms with Gasteiger partial charge in [-0.25, -0.2) is 0 Å². The Morgan fingerprint density at radius 2 is 1.79 bits per heavy atom. The molecule has 1 aromatic rings. The maximum Gasteiger partial charge on any atom is 0.174 e. The van der Waals surface area contributed by atoms with E-state index in [-0.39, 0.29) is 12.4 Å². The highest BCUT2D eigenvalue weighted by atomic mass is 35.5. The number of rotatable bonds is 4. The van der Waals surface area contributed by atoms with Crippen molar-refractivity contribution in [3.05, 3.63) is 35.9 Å². The zero-order chi connectivity index (χ0) is 9.73. The van der Waals surface area contributed by atoms with Gasteiger partial charge in [-0.05, 0) is 0 Å². The molecule has 0 saturated heterocycles. The predicted molar refractivity (Wildman–Crippen MR) is 53.2 cm³/mol. The first kappa shape index (κ1) is 13.1. The Balaban J connectivity index is 0.00000169. The van der Waals surface area contributed by atoms with Crippen molar-refractivity contribution in [2.24, 2.45) is 0 Å². The van der Waals surface area contributed by atoms with Crippen LogP contribution in [0.1, 0.15) is 5.56 Å². The van der Waals surface area contributed by atoms with Gasteiger partial charge in [0.15, 0.2) is 6.29 Å². The van der Waals surface area contributed by atoms with Crippen LogP contribution in [0.25, 0.3) is 0 Å². The van der Waals surface area contributed by atoms with Gasteiger partial charge in [0.1, 0.15) is 13.1 Å². The molecular weight excluding hydrogens is 198 g/mol. The molecule has 0 amide bonds. The van der Waals surface area contributed by atoms with Crippen LogP contribution in [0.5, 0.6) is 0 Å². The van der Waals surface area contributed by atoms with Crippen LogP contribution in [-0.4, -0.2) is 31.4 Å². The summed E-state index contributed by atoms with van der Waals surface area (Å²) in [5.74, 6) is 0. The van der Waals surface area contributed by atoms with Crippen LogP contribution >= 0.6 is 0 Å². The van der Waals surface area contributed by atoms with E-state index in [0.717, 1.165) is 12.8 Å². The maximum absolute atomic E-state index is 10.4. The van der Waals surface area contributed by atoms with Gasteiger partial charge in [0.2, 0.25) is 0 Å². The second kappa shape index (κ2) is 5.78. The van der Waals surface area contributed by atoms with Crippen molar-refractivity contribution in [3.63, 3.8) is 0 Å². The Labute approximate surface area is 91.5 Å². The third kappa shape index (κ3) is 4.40. The molecular formula is C11H16ClNO. The molecule has 78 valence electrons. The molecule has 2 nitrogen and oxygen atoms in total. The first-order valence-electron chi connectivity index (χ1n) is 4.44. The molecule has 0 aliphatic heterocycles. The molecule has 0 bridgehead atoms. The molecule has 0 fully saturated rings. The molecule has 0 heterocycles. The number of benzene rings is 1. The summed E-state index contributed by atoms with van der Waals surface area (Å²) in [4.78, 5) is 10.4. The lowest BCUT2D eigenvalue weighted by atomic mass is 10.2. The highest BCUT2D eigenvalue weighted by Crippen LogP contribution is 2.07. The van der Waals surface area contributed by atoms with Crippen molar-refractivity contribution in [2.45, 2.75) is 6.54 Å². The van der Waals surface area contributed by atoms with E-state index in [1.54, 1.807) is 0 Å². The zero-order valence-electron chi connectivity index (χ0n) is 8.61. The molecule has 0 N–H and O–H groups in total. The molecule has 0 aliphatic rings. The number of halogens is 1. The largest absolute Gasteiger partial charge is 1.00 e. The number of carbonyl (C=O) groups excluding carboxylic acids is 1. The highest BCUT2D eigenvalue weighted by Gasteiger charge is 2.13. The number of hydrogen-bond acceptors (Lipinski definition) is 1. The summed E-state index contributed by atoms with van der Waals surface area (Å²) in [6.45, 7) is 1.47. The zero-order valence-corrected chi connectivity index (χ0v) is 9.37. The SMILES string of the molecule is C[N+](C)(CC=O)Cc1ccccc1.[Cl-]. The summed E-state index contributed by atoms with van der Waals surface area (Å²) in [5.41, 5.74) is 1.27. The number of hydrogen-bond donors (Lipinski definition) is 0. The van der Waals surface area contributed by atoms with Crippen LogP contribution in [0.4, 0.5) is 0 Å². The maximum atomic E-state index is 10.4. The first-order chi connectivity index (χ1) is 6.14. The van der Waals surface area contributed by atoms with Gasteiger partial charge in [0, 0.05) is 5.56 Å². The van der Waals surface area contributed by atoms with Gasteiger partial charge in [-0.1, -0.05) is 30.3 Å². The topological polar surface area (TPSA) is 17.1 Å². The number of aldehydes is 1. The molecule has 1 aromatic carbocycles. The van der Waals surface area contributed by atoms with Gasteiger partial charge < -0.3 is 16.9 Å². The van der Waals surface area contributed by atoms with E-state index in [1.165, 1.54) is 5.56 Å². The minimum Gasteiger partial charge on any atom is -1.00 e. The lowest BCUT2D eigenvalue weighted by Gasteiger charge is -2.27. The van der Waals surface area contributed by atoms with Crippen molar-refractivity contribution >= 4 is 6.29 Å². The van der Waals surface area contributed by atoms with Gasteiger partial charge in [-0.15, -0.1) is 0 Å². The van der Waals surface area contributed by atoms with E-state index in [4.69, 9.17) is 0 Å². The fourth-order valence-corrected chi connectivity index (χ4v) is 1.34.